The van der Waals surface area contributed by atoms with Crippen LogP contribution >= 0.6 is 12.6 Å². The van der Waals surface area contributed by atoms with Crippen LogP contribution in [0.2, 0.25) is 0 Å². The number of rotatable bonds is 4. The van der Waals surface area contributed by atoms with Gasteiger partial charge in [-0.25, -0.2) is 0 Å². The van der Waals surface area contributed by atoms with Gasteiger partial charge in [-0.2, -0.15) is 13.3 Å². The van der Waals surface area contributed by atoms with Gasteiger partial charge >= 0.3 is 5.92 Å². The first-order chi connectivity index (χ1) is 14.3. The van der Waals surface area contributed by atoms with Crippen molar-refractivity contribution in [3.63, 3.8) is 0 Å². The highest BCUT2D eigenvalue weighted by Crippen LogP contribution is 2.13. The van der Waals surface area contributed by atoms with Crippen LogP contribution in [0.15, 0.2) is 71.6 Å². The summed E-state index contributed by atoms with van der Waals surface area (Å²) < 4.78 is 27.8. The maximum absolute atomic E-state index is 12.8. The fourth-order valence-corrected chi connectivity index (χ4v) is 2.91. The molecular weight excluding hydrogens is 396 g/mol. The number of halogens is 2. The van der Waals surface area contributed by atoms with Crippen molar-refractivity contribution in [3.05, 3.63) is 94.8 Å². The lowest BCUT2D eigenvalue weighted by atomic mass is 10.1. The van der Waals surface area contributed by atoms with E-state index in [-0.39, 0.29) is 0 Å². The minimum atomic E-state index is -2.98. The molecule has 0 saturated heterocycles. The number of nitrogens with zero attached hydrogens (tertiary/aromatic N) is 1. The molecule has 1 heterocycles. The summed E-state index contributed by atoms with van der Waals surface area (Å²) in [5.41, 5.74) is 4.75. The van der Waals surface area contributed by atoms with Crippen LogP contribution in [0.1, 0.15) is 35.0 Å². The lowest BCUT2D eigenvalue weighted by molar-refractivity contribution is -0.675. The molecule has 0 spiro atoms. The van der Waals surface area contributed by atoms with E-state index in [4.69, 9.17) is 0 Å². The molecule has 3 rings (SSSR count). The largest absolute Gasteiger partial charge is 0.305 e. The molecule has 3 aromatic rings. The van der Waals surface area contributed by atoms with Crippen LogP contribution in [-0.4, -0.2) is 5.92 Å². The predicted molar refractivity (Wildman–Crippen MR) is 123 cm³/mol. The molecule has 2 aromatic carbocycles. The number of aromatic nitrogens is 1. The molecule has 0 bridgehead atoms. The third kappa shape index (κ3) is 6.43. The molecule has 0 fully saturated rings. The third-order valence-electron chi connectivity index (χ3n) is 4.43. The van der Waals surface area contributed by atoms with Crippen LogP contribution < -0.4 is 4.57 Å². The van der Waals surface area contributed by atoms with Gasteiger partial charge in [-0.1, -0.05) is 30.2 Å². The molecule has 1 nitrogen and oxygen atoms in total. The highest BCUT2D eigenvalue weighted by Gasteiger charge is 2.15. The molecular formula is C26H22F2NS+. The van der Waals surface area contributed by atoms with Crippen LogP contribution in [0.4, 0.5) is 8.78 Å². The van der Waals surface area contributed by atoms with E-state index in [9.17, 15) is 8.78 Å². The normalized spacial score (nSPS) is 11.6. The van der Waals surface area contributed by atoms with Crippen molar-refractivity contribution in [2.75, 3.05) is 0 Å². The second-order valence-electron chi connectivity index (χ2n) is 6.95. The van der Waals surface area contributed by atoms with E-state index < -0.39 is 5.92 Å². The quantitative estimate of drug-likeness (QED) is 0.294. The summed E-state index contributed by atoms with van der Waals surface area (Å²) in [6.45, 7) is 0.790. The second-order valence-corrected chi connectivity index (χ2v) is 7.47. The molecule has 0 amide bonds. The first-order valence-corrected chi connectivity index (χ1v) is 9.90. The summed E-state index contributed by atoms with van der Waals surface area (Å²) in [5.74, 6) is 1.45. The molecule has 1 aromatic heterocycles. The monoisotopic (exact) mass is 418 g/mol. The van der Waals surface area contributed by atoms with Gasteiger partial charge in [-0.15, -0.1) is 12.6 Å². The molecule has 0 radical (unpaired) electrons. The van der Waals surface area contributed by atoms with E-state index in [2.05, 4.69) is 41.3 Å². The summed E-state index contributed by atoms with van der Waals surface area (Å²) in [5, 5.41) is 0. The number of benzene rings is 2. The summed E-state index contributed by atoms with van der Waals surface area (Å²) in [6, 6.07) is 21.3. The summed E-state index contributed by atoms with van der Waals surface area (Å²) in [4.78, 5) is 0.938. The Morgan fingerprint density at radius 3 is 1.80 bits per heavy atom. The second kappa shape index (κ2) is 9.56. The minimum absolute atomic E-state index is 0.567. The fraction of sp³-hybridized carbons (Fsp3) is 0.115. The van der Waals surface area contributed by atoms with Gasteiger partial charge < -0.3 is 0 Å². The molecule has 0 saturated carbocycles. The first-order valence-electron chi connectivity index (χ1n) is 9.45. The Bertz CT molecular complexity index is 1130. The van der Waals surface area contributed by atoms with Gasteiger partial charge in [0.25, 0.3) is 0 Å². The molecule has 0 unspecified atom stereocenters. The topological polar surface area (TPSA) is 3.88 Å². The molecule has 0 atom stereocenters. The van der Waals surface area contributed by atoms with Crippen LogP contribution in [0.25, 0.3) is 24.3 Å². The van der Waals surface area contributed by atoms with E-state index in [1.54, 1.807) is 12.1 Å². The van der Waals surface area contributed by atoms with Gasteiger partial charge in [0.2, 0.25) is 11.4 Å². The first kappa shape index (κ1) is 21.5. The van der Waals surface area contributed by atoms with E-state index in [0.29, 0.717) is 5.56 Å². The average Bonchev–Trinajstić information content (AvgIpc) is 2.72. The van der Waals surface area contributed by atoms with Gasteiger partial charge in [-0.05, 0) is 59.5 Å². The van der Waals surface area contributed by atoms with Crippen molar-refractivity contribution in [1.82, 2.24) is 0 Å². The lowest BCUT2D eigenvalue weighted by Gasteiger charge is -2.00. The molecule has 0 aliphatic rings. The van der Waals surface area contributed by atoms with Crippen molar-refractivity contribution >= 4 is 36.9 Å². The summed E-state index contributed by atoms with van der Waals surface area (Å²) in [7, 11) is 2.01. The van der Waals surface area contributed by atoms with Crippen LogP contribution in [0.5, 0.6) is 0 Å². The van der Waals surface area contributed by atoms with E-state index >= 15 is 0 Å². The van der Waals surface area contributed by atoms with Crippen molar-refractivity contribution in [1.29, 1.82) is 0 Å². The Kier molecular flexibility index (Phi) is 6.87. The fourth-order valence-electron chi connectivity index (χ4n) is 2.76. The van der Waals surface area contributed by atoms with Crippen molar-refractivity contribution < 1.29 is 13.3 Å². The summed E-state index contributed by atoms with van der Waals surface area (Å²) >= 11 is 4.31. The standard InChI is InChI=1S/C26H21F2NS/c1-26(27,28)19-18-22-8-6-20(7-9-22)10-14-23-4-3-5-24(29(23)2)15-11-21-12-16-25(30)17-13-21/h3-17H,1-2H3/p+1/b14-10+. The molecule has 0 N–H and O–H groups in total. The SMILES string of the molecule is C[n+]1c(/C=C/c2ccc(S)cc2)cccc1/C=C/c1ccc(C#CC(C)(F)F)cc1. The van der Waals surface area contributed by atoms with E-state index in [1.807, 2.05) is 73.7 Å². The van der Waals surface area contributed by atoms with Crippen molar-refractivity contribution in [3.8, 4) is 11.8 Å². The maximum Gasteiger partial charge on any atom is 0.305 e. The van der Waals surface area contributed by atoms with Gasteiger partial charge in [-0.3, -0.25) is 0 Å². The van der Waals surface area contributed by atoms with Gasteiger partial charge in [0.1, 0.15) is 7.05 Å². The third-order valence-corrected chi connectivity index (χ3v) is 4.73. The van der Waals surface area contributed by atoms with Crippen LogP contribution in [0.3, 0.4) is 0 Å². The zero-order valence-electron chi connectivity index (χ0n) is 16.8. The van der Waals surface area contributed by atoms with Gasteiger partial charge in [0, 0.05) is 41.7 Å². The van der Waals surface area contributed by atoms with Crippen LogP contribution in [-0.2, 0) is 7.05 Å². The number of thiol groups is 1. The Morgan fingerprint density at radius 2 is 1.30 bits per heavy atom. The van der Waals surface area contributed by atoms with Gasteiger partial charge in [0.05, 0.1) is 0 Å². The maximum atomic E-state index is 12.8. The van der Waals surface area contributed by atoms with Crippen molar-refractivity contribution in [2.24, 2.45) is 7.05 Å². The Hall–Kier alpha value is -3.16. The smallest absolute Gasteiger partial charge is 0.195 e. The van der Waals surface area contributed by atoms with E-state index in [0.717, 1.165) is 34.3 Å². The van der Waals surface area contributed by atoms with Gasteiger partial charge in [0.15, 0.2) is 0 Å². The molecule has 150 valence electrons. The van der Waals surface area contributed by atoms with Crippen molar-refractivity contribution in [2.45, 2.75) is 17.7 Å². The predicted octanol–water partition coefficient (Wildman–Crippen LogP) is 6.15. The Morgan fingerprint density at radius 1 is 0.800 bits per heavy atom. The molecule has 0 aliphatic carbocycles. The number of hydrogen-bond donors (Lipinski definition) is 1. The Labute approximate surface area is 181 Å². The van der Waals surface area contributed by atoms with E-state index in [1.165, 1.54) is 0 Å². The number of hydrogen-bond acceptors (Lipinski definition) is 1. The van der Waals surface area contributed by atoms with Crippen LogP contribution in [0, 0.1) is 11.8 Å². The number of pyridine rings is 1. The molecule has 4 heteroatoms. The molecule has 30 heavy (non-hydrogen) atoms. The highest BCUT2D eigenvalue weighted by molar-refractivity contribution is 7.80. The minimum Gasteiger partial charge on any atom is -0.195 e. The zero-order valence-corrected chi connectivity index (χ0v) is 17.7. The summed E-state index contributed by atoms with van der Waals surface area (Å²) in [6.07, 6.45) is 8.14. The molecule has 0 aliphatic heterocycles. The average molecular weight is 419 g/mol. The lowest BCUT2D eigenvalue weighted by Crippen LogP contribution is -2.35. The number of alkyl halides is 2. The zero-order chi connectivity index (χ0) is 21.6. The highest BCUT2D eigenvalue weighted by atomic mass is 32.1. The Balaban J connectivity index is 1.75.